The topological polar surface area (TPSA) is 17.1 Å². The fourth-order valence-corrected chi connectivity index (χ4v) is 0.779. The van der Waals surface area contributed by atoms with Crippen LogP contribution in [0.4, 0.5) is 0 Å². The first-order valence-corrected chi connectivity index (χ1v) is 3.76. The standard InChI is InChI=1S/C5H9O.Na/c1-2-3-4-5-6;/h2-4H2,1H3;. The van der Waals surface area contributed by atoms with Crippen molar-refractivity contribution in [1.29, 1.82) is 0 Å². The van der Waals surface area contributed by atoms with Gasteiger partial charge in [-0.3, -0.25) is 0 Å². The van der Waals surface area contributed by atoms with Crippen LogP contribution < -0.4 is 0 Å². The first-order valence-electron chi connectivity index (χ1n) is 2.76. The van der Waals surface area contributed by atoms with Crippen molar-refractivity contribution in [3.05, 3.63) is 0 Å². The van der Waals surface area contributed by atoms with E-state index in [4.69, 9.17) is 0 Å². The van der Waals surface area contributed by atoms with Gasteiger partial charge in [0.1, 0.15) is 0 Å². The Kier molecular flexibility index (Phi) is 5.28. The van der Waals surface area contributed by atoms with Crippen LogP contribution in [0.2, 0.25) is 0 Å². The zero-order valence-corrected chi connectivity index (χ0v) is 7.03. The van der Waals surface area contributed by atoms with Gasteiger partial charge in [0.05, 0.1) is 0 Å². The summed E-state index contributed by atoms with van der Waals surface area (Å²) in [6, 6.07) is 0. The zero-order chi connectivity index (χ0) is 5.70. The molecule has 0 fully saturated rings. The van der Waals surface area contributed by atoms with Gasteiger partial charge < -0.3 is 0 Å². The fraction of sp³-hybridized carbons (Fsp3) is 0.800. The molecule has 0 heterocycles. The van der Waals surface area contributed by atoms with Gasteiger partial charge in [0, 0.05) is 0 Å². The predicted molar refractivity (Wildman–Crippen MR) is 30.3 cm³/mol. The summed E-state index contributed by atoms with van der Waals surface area (Å²) < 4.78 is 0.446. The molecule has 0 saturated heterocycles. The van der Waals surface area contributed by atoms with Gasteiger partial charge >= 0.3 is 61.9 Å². The number of hydrogen-bond donors (Lipinski definition) is 0. The molecule has 0 aromatic carbocycles. The molecule has 0 amide bonds. The minimum atomic E-state index is 0.446. The molecule has 0 aromatic heterocycles. The van der Waals surface area contributed by atoms with Gasteiger partial charge in [-0.1, -0.05) is 0 Å². The Morgan fingerprint density at radius 1 is 1.71 bits per heavy atom. The third-order valence-electron chi connectivity index (χ3n) is 0.882. The van der Waals surface area contributed by atoms with Crippen LogP contribution in [0.15, 0.2) is 0 Å². The number of carbonyl (C=O) groups is 1. The van der Waals surface area contributed by atoms with Gasteiger partial charge in [0.2, 0.25) is 0 Å². The second-order valence-corrected chi connectivity index (χ2v) is 2.92. The molecule has 0 spiro atoms. The van der Waals surface area contributed by atoms with E-state index in [2.05, 4.69) is 6.92 Å². The average Bonchev–Trinajstić information content (AvgIpc) is 1.61. The number of rotatable bonds is 3. The van der Waals surface area contributed by atoms with Crippen LogP contribution in [0.3, 0.4) is 0 Å². The summed E-state index contributed by atoms with van der Waals surface area (Å²) in [6.45, 7) is 2.10. The van der Waals surface area contributed by atoms with E-state index in [1.165, 1.54) is 0 Å². The van der Waals surface area contributed by atoms with Gasteiger partial charge in [-0.05, 0) is 0 Å². The minimum absolute atomic E-state index is 0.446. The molecule has 0 saturated carbocycles. The SMILES string of the molecule is CCCC[C](=O)[Na]. The van der Waals surface area contributed by atoms with Crippen molar-refractivity contribution in [2.24, 2.45) is 0 Å². The third-order valence-corrected chi connectivity index (χ3v) is 1.38. The van der Waals surface area contributed by atoms with E-state index in [0.717, 1.165) is 47.2 Å². The Balaban J connectivity index is 2.82. The van der Waals surface area contributed by atoms with Crippen LogP contribution in [0.1, 0.15) is 26.2 Å². The maximum absolute atomic E-state index is 10.3. The van der Waals surface area contributed by atoms with Crippen molar-refractivity contribution < 1.29 is 4.79 Å². The Bertz CT molecular complexity index is 61.1. The molecule has 2 heteroatoms. The zero-order valence-electron chi connectivity index (χ0n) is 5.03. The summed E-state index contributed by atoms with van der Waals surface area (Å²) in [5, 5.41) is 0. The Morgan fingerprint density at radius 2 is 2.29 bits per heavy atom. The summed E-state index contributed by atoms with van der Waals surface area (Å²) in [4.78, 5) is 10.3. The Labute approximate surface area is 61.9 Å². The summed E-state index contributed by atoms with van der Waals surface area (Å²) in [7, 11) is 0. The van der Waals surface area contributed by atoms with Crippen LogP contribution in [0.25, 0.3) is 0 Å². The van der Waals surface area contributed by atoms with Crippen LogP contribution in [0, 0.1) is 0 Å². The Morgan fingerprint density at radius 3 is 2.43 bits per heavy atom. The summed E-state index contributed by atoms with van der Waals surface area (Å²) in [5.41, 5.74) is 0. The second kappa shape index (κ2) is 4.82. The number of carbonyl (C=O) groups excluding carboxylic acids is 1. The molecular formula is C5H9NaO. The Hall–Kier alpha value is 0.670. The van der Waals surface area contributed by atoms with Crippen LogP contribution in [0.5, 0.6) is 0 Å². The van der Waals surface area contributed by atoms with Gasteiger partial charge in [-0.25, -0.2) is 0 Å². The van der Waals surface area contributed by atoms with E-state index < -0.39 is 0 Å². The van der Waals surface area contributed by atoms with E-state index in [1.54, 1.807) is 0 Å². The van der Waals surface area contributed by atoms with Crippen molar-refractivity contribution >= 4 is 31.0 Å². The van der Waals surface area contributed by atoms with Crippen molar-refractivity contribution in [3.63, 3.8) is 0 Å². The van der Waals surface area contributed by atoms with E-state index in [0.29, 0.717) is 3.03 Å². The van der Waals surface area contributed by atoms with Gasteiger partial charge in [-0.15, -0.1) is 0 Å². The van der Waals surface area contributed by atoms with E-state index in [9.17, 15) is 4.79 Å². The summed E-state index contributed by atoms with van der Waals surface area (Å²) >= 11 is 0.744. The molecule has 0 aliphatic rings. The van der Waals surface area contributed by atoms with Crippen molar-refractivity contribution in [3.8, 4) is 0 Å². The molecule has 0 atom stereocenters. The molecule has 0 aliphatic heterocycles. The first kappa shape index (κ1) is 7.67. The van der Waals surface area contributed by atoms with Crippen molar-refractivity contribution in [1.82, 2.24) is 0 Å². The van der Waals surface area contributed by atoms with Gasteiger partial charge in [-0.2, -0.15) is 0 Å². The van der Waals surface area contributed by atoms with E-state index in [-0.39, 0.29) is 0 Å². The first-order chi connectivity index (χ1) is 3.27. The number of unbranched alkanes of at least 4 members (excludes halogenated alkanes) is 1. The molecule has 1 nitrogen and oxygen atoms in total. The molecule has 36 valence electrons. The van der Waals surface area contributed by atoms with E-state index in [1.807, 2.05) is 0 Å². The molecule has 0 aromatic rings. The van der Waals surface area contributed by atoms with Gasteiger partial charge in [0.15, 0.2) is 0 Å². The van der Waals surface area contributed by atoms with Gasteiger partial charge in [0.25, 0.3) is 0 Å². The van der Waals surface area contributed by atoms with Crippen molar-refractivity contribution in [2.45, 2.75) is 26.2 Å². The van der Waals surface area contributed by atoms with Crippen molar-refractivity contribution in [2.75, 3.05) is 0 Å². The second-order valence-electron chi connectivity index (χ2n) is 1.81. The normalized spacial score (nSPS) is 9.00. The third kappa shape index (κ3) is 6.67. The molecule has 0 bridgehead atoms. The fourth-order valence-electron chi connectivity index (χ4n) is 0.426. The monoisotopic (exact) mass is 108 g/mol. The van der Waals surface area contributed by atoms with Crippen LogP contribution in [-0.2, 0) is 4.79 Å². The molecule has 0 rings (SSSR count). The molecule has 0 unspecified atom stereocenters. The molecule has 0 aliphatic carbocycles. The van der Waals surface area contributed by atoms with Crippen LogP contribution in [-0.4, -0.2) is 31.0 Å². The number of hydrogen-bond acceptors (Lipinski definition) is 1. The predicted octanol–water partition coefficient (Wildman–Crippen LogP) is 0.872. The maximum atomic E-state index is 10.3. The molecule has 0 radical (unpaired) electrons. The molecule has 7 heavy (non-hydrogen) atoms. The quantitative estimate of drug-likeness (QED) is 0.490. The molecular weight excluding hydrogens is 99.0 g/mol. The molecule has 0 N–H and O–H groups in total. The summed E-state index contributed by atoms with van der Waals surface area (Å²) in [5.74, 6) is 0. The van der Waals surface area contributed by atoms with E-state index >= 15 is 0 Å². The summed E-state index contributed by atoms with van der Waals surface area (Å²) in [6.07, 6.45) is 3.05. The van der Waals surface area contributed by atoms with Crippen LogP contribution >= 0.6 is 0 Å². The average molecular weight is 108 g/mol.